The molecule has 140 valence electrons. The first-order chi connectivity index (χ1) is 13.1. The molecule has 0 radical (unpaired) electrons. The number of ether oxygens (including phenoxy) is 2. The van der Waals surface area contributed by atoms with Crippen LogP contribution in [0.2, 0.25) is 0 Å². The van der Waals surface area contributed by atoms with E-state index in [0.717, 1.165) is 11.3 Å². The summed E-state index contributed by atoms with van der Waals surface area (Å²) in [6.45, 7) is 4.66. The fourth-order valence-corrected chi connectivity index (χ4v) is 2.81. The van der Waals surface area contributed by atoms with E-state index in [1.165, 1.54) is 11.1 Å². The summed E-state index contributed by atoms with van der Waals surface area (Å²) < 4.78 is 10.6. The van der Waals surface area contributed by atoms with Crippen LogP contribution in [-0.2, 0) is 6.54 Å². The topological polar surface area (TPSA) is 81.2 Å². The average molecular weight is 365 g/mol. The minimum atomic E-state index is 0.444. The second-order valence-corrected chi connectivity index (χ2v) is 6.21. The number of aryl methyl sites for hydroxylation is 2. The van der Waals surface area contributed by atoms with E-state index in [4.69, 9.17) is 9.47 Å². The molecule has 3 rings (SSSR count). The normalized spacial score (nSPS) is 10.4. The van der Waals surface area contributed by atoms with E-state index in [1.807, 2.05) is 18.2 Å². The molecule has 0 atom stereocenters. The van der Waals surface area contributed by atoms with E-state index in [9.17, 15) is 0 Å². The summed E-state index contributed by atoms with van der Waals surface area (Å²) in [6, 6.07) is 12.0. The second-order valence-electron chi connectivity index (χ2n) is 6.21. The standard InChI is InChI=1S/C20H23N5O2/c1-13-7-14(2)9-16(8-13)23-19-12-22-25-20(24-19)21-11-15-5-6-17(26-3)18(10-15)27-4/h5-10,12H,11H2,1-4H3,(H2,21,23,24,25). The number of hydrogen-bond donors (Lipinski definition) is 2. The van der Waals surface area contributed by atoms with Gasteiger partial charge < -0.3 is 20.1 Å². The molecule has 0 unspecified atom stereocenters. The van der Waals surface area contributed by atoms with Crippen LogP contribution in [0.3, 0.4) is 0 Å². The quantitative estimate of drug-likeness (QED) is 0.658. The van der Waals surface area contributed by atoms with Crippen molar-refractivity contribution in [3.63, 3.8) is 0 Å². The SMILES string of the molecule is COc1ccc(CNc2nncc(Nc3cc(C)cc(C)c3)n2)cc1OC. The van der Waals surface area contributed by atoms with Crippen LogP contribution in [0.15, 0.2) is 42.6 Å². The Morgan fingerprint density at radius 1 is 0.926 bits per heavy atom. The zero-order chi connectivity index (χ0) is 19.2. The Morgan fingerprint density at radius 3 is 2.37 bits per heavy atom. The molecule has 0 spiro atoms. The summed E-state index contributed by atoms with van der Waals surface area (Å²) >= 11 is 0. The number of nitrogens with zero attached hydrogens (tertiary/aromatic N) is 3. The second kappa shape index (κ2) is 8.35. The van der Waals surface area contributed by atoms with Gasteiger partial charge in [0.05, 0.1) is 20.4 Å². The van der Waals surface area contributed by atoms with Crippen LogP contribution >= 0.6 is 0 Å². The van der Waals surface area contributed by atoms with Crippen molar-refractivity contribution in [1.29, 1.82) is 0 Å². The van der Waals surface area contributed by atoms with Gasteiger partial charge in [-0.1, -0.05) is 12.1 Å². The molecular weight excluding hydrogens is 342 g/mol. The highest BCUT2D eigenvalue weighted by molar-refractivity contribution is 5.58. The van der Waals surface area contributed by atoms with Crippen molar-refractivity contribution in [2.45, 2.75) is 20.4 Å². The van der Waals surface area contributed by atoms with E-state index in [2.05, 4.69) is 57.9 Å². The maximum Gasteiger partial charge on any atom is 0.244 e. The first-order valence-electron chi connectivity index (χ1n) is 8.57. The van der Waals surface area contributed by atoms with Gasteiger partial charge in [0, 0.05) is 12.2 Å². The fourth-order valence-electron chi connectivity index (χ4n) is 2.81. The lowest BCUT2D eigenvalue weighted by Crippen LogP contribution is -2.06. The summed E-state index contributed by atoms with van der Waals surface area (Å²) in [6.07, 6.45) is 1.60. The average Bonchev–Trinajstić information content (AvgIpc) is 2.65. The Balaban J connectivity index is 1.69. The van der Waals surface area contributed by atoms with Crippen molar-refractivity contribution in [3.8, 4) is 11.5 Å². The van der Waals surface area contributed by atoms with Crippen molar-refractivity contribution in [2.24, 2.45) is 0 Å². The van der Waals surface area contributed by atoms with Gasteiger partial charge in [-0.15, -0.1) is 5.10 Å². The van der Waals surface area contributed by atoms with Crippen LogP contribution < -0.4 is 20.1 Å². The highest BCUT2D eigenvalue weighted by atomic mass is 16.5. The molecule has 0 aliphatic rings. The molecule has 27 heavy (non-hydrogen) atoms. The summed E-state index contributed by atoms with van der Waals surface area (Å²) in [7, 11) is 3.23. The van der Waals surface area contributed by atoms with Crippen LogP contribution in [0.4, 0.5) is 17.5 Å². The van der Waals surface area contributed by atoms with E-state index >= 15 is 0 Å². The fraction of sp³-hybridized carbons (Fsp3) is 0.250. The Labute approximate surface area is 158 Å². The number of nitrogens with one attached hydrogen (secondary N) is 2. The summed E-state index contributed by atoms with van der Waals surface area (Å²) in [5.41, 5.74) is 4.36. The van der Waals surface area contributed by atoms with Crippen molar-refractivity contribution >= 4 is 17.5 Å². The number of anilines is 3. The lowest BCUT2D eigenvalue weighted by molar-refractivity contribution is 0.354. The number of hydrogen-bond acceptors (Lipinski definition) is 7. The van der Waals surface area contributed by atoms with Crippen LogP contribution in [0.5, 0.6) is 11.5 Å². The van der Waals surface area contributed by atoms with Crippen molar-refractivity contribution in [1.82, 2.24) is 15.2 Å². The highest BCUT2D eigenvalue weighted by Crippen LogP contribution is 2.27. The zero-order valence-corrected chi connectivity index (χ0v) is 15.9. The first kappa shape index (κ1) is 18.4. The number of benzene rings is 2. The van der Waals surface area contributed by atoms with Gasteiger partial charge in [0.1, 0.15) is 0 Å². The van der Waals surface area contributed by atoms with Gasteiger partial charge in [-0.3, -0.25) is 0 Å². The van der Waals surface area contributed by atoms with E-state index < -0.39 is 0 Å². The summed E-state index contributed by atoms with van der Waals surface area (Å²) in [4.78, 5) is 4.47. The van der Waals surface area contributed by atoms with Gasteiger partial charge in [-0.2, -0.15) is 10.1 Å². The molecule has 2 N–H and O–H groups in total. The maximum absolute atomic E-state index is 5.33. The molecule has 0 amide bonds. The third-order valence-electron chi connectivity index (χ3n) is 3.95. The molecule has 1 heterocycles. The van der Waals surface area contributed by atoms with Gasteiger partial charge in [0.15, 0.2) is 17.3 Å². The van der Waals surface area contributed by atoms with Crippen LogP contribution in [-0.4, -0.2) is 29.4 Å². The zero-order valence-electron chi connectivity index (χ0n) is 15.9. The third-order valence-corrected chi connectivity index (χ3v) is 3.95. The monoisotopic (exact) mass is 365 g/mol. The molecule has 0 saturated heterocycles. The van der Waals surface area contributed by atoms with Crippen LogP contribution in [0.25, 0.3) is 0 Å². The molecule has 0 aliphatic heterocycles. The molecule has 0 aliphatic carbocycles. The Kier molecular flexibility index (Phi) is 5.71. The molecule has 0 bridgehead atoms. The molecule has 0 fully saturated rings. The van der Waals surface area contributed by atoms with Crippen LogP contribution in [0.1, 0.15) is 16.7 Å². The summed E-state index contributed by atoms with van der Waals surface area (Å²) in [5, 5.41) is 14.5. The van der Waals surface area contributed by atoms with E-state index in [0.29, 0.717) is 29.8 Å². The van der Waals surface area contributed by atoms with E-state index in [-0.39, 0.29) is 0 Å². The molecule has 7 heteroatoms. The van der Waals surface area contributed by atoms with Crippen LogP contribution in [0, 0.1) is 13.8 Å². The number of methoxy groups -OCH3 is 2. The molecule has 1 aromatic heterocycles. The Bertz CT molecular complexity index is 910. The molecule has 2 aromatic carbocycles. The minimum absolute atomic E-state index is 0.444. The van der Waals surface area contributed by atoms with Crippen molar-refractivity contribution in [2.75, 3.05) is 24.9 Å². The summed E-state index contributed by atoms with van der Waals surface area (Å²) in [5.74, 6) is 2.45. The lowest BCUT2D eigenvalue weighted by Gasteiger charge is -2.11. The van der Waals surface area contributed by atoms with Gasteiger partial charge in [-0.05, 0) is 54.8 Å². The Hall–Kier alpha value is -3.35. The van der Waals surface area contributed by atoms with E-state index in [1.54, 1.807) is 20.4 Å². The maximum atomic E-state index is 5.33. The minimum Gasteiger partial charge on any atom is -0.493 e. The Morgan fingerprint density at radius 2 is 1.67 bits per heavy atom. The van der Waals surface area contributed by atoms with Gasteiger partial charge in [-0.25, -0.2) is 0 Å². The van der Waals surface area contributed by atoms with Gasteiger partial charge >= 0.3 is 0 Å². The largest absolute Gasteiger partial charge is 0.493 e. The molecule has 0 saturated carbocycles. The first-order valence-corrected chi connectivity index (χ1v) is 8.57. The molecule has 3 aromatic rings. The highest BCUT2D eigenvalue weighted by Gasteiger charge is 2.06. The van der Waals surface area contributed by atoms with Gasteiger partial charge in [0.25, 0.3) is 0 Å². The number of aromatic nitrogens is 3. The van der Waals surface area contributed by atoms with Crippen molar-refractivity contribution < 1.29 is 9.47 Å². The lowest BCUT2D eigenvalue weighted by atomic mass is 10.1. The predicted molar refractivity (Wildman–Crippen MR) is 106 cm³/mol. The third kappa shape index (κ3) is 4.84. The van der Waals surface area contributed by atoms with Crippen molar-refractivity contribution in [3.05, 3.63) is 59.3 Å². The molecule has 7 nitrogen and oxygen atoms in total. The predicted octanol–water partition coefficient (Wildman–Crippen LogP) is 3.86. The number of rotatable bonds is 7. The van der Waals surface area contributed by atoms with Gasteiger partial charge in [0.2, 0.25) is 5.95 Å². The smallest absolute Gasteiger partial charge is 0.244 e. The molecular formula is C20H23N5O2.